The van der Waals surface area contributed by atoms with Gasteiger partial charge in [-0.25, -0.2) is 5.43 Å². The highest BCUT2D eigenvalue weighted by atomic mass is 16.3. The quantitative estimate of drug-likeness (QED) is 0.482. The molecule has 0 saturated heterocycles. The lowest BCUT2D eigenvalue weighted by atomic mass is 10.0. The van der Waals surface area contributed by atoms with Gasteiger partial charge >= 0.3 is 0 Å². The molecule has 0 fully saturated rings. The van der Waals surface area contributed by atoms with Gasteiger partial charge in [-0.15, -0.1) is 0 Å². The van der Waals surface area contributed by atoms with E-state index < -0.39 is 5.91 Å². The Morgan fingerprint density at radius 2 is 1.89 bits per heavy atom. The highest BCUT2D eigenvalue weighted by Gasteiger charge is 2.08. The molecule has 3 rings (SSSR count). The van der Waals surface area contributed by atoms with Crippen LogP contribution in [-0.4, -0.2) is 29.7 Å². The van der Waals surface area contributed by atoms with Crippen molar-refractivity contribution in [3.63, 3.8) is 0 Å². The van der Waals surface area contributed by atoms with Gasteiger partial charge < -0.3 is 10.4 Å². The molecule has 3 N–H and O–H groups in total. The normalized spacial score (nSPS) is 10.9. The van der Waals surface area contributed by atoms with Gasteiger partial charge in [0.1, 0.15) is 5.75 Å². The number of aromatic hydroxyl groups is 1. The predicted molar refractivity (Wildman–Crippen MR) is 105 cm³/mol. The maximum absolute atomic E-state index is 12.0. The number of nitrogens with one attached hydrogen (secondary N) is 2. The van der Waals surface area contributed by atoms with Gasteiger partial charge in [-0.2, -0.15) is 5.10 Å². The molecule has 0 heterocycles. The lowest BCUT2D eigenvalue weighted by Crippen LogP contribution is -2.34. The van der Waals surface area contributed by atoms with Gasteiger partial charge in [-0.1, -0.05) is 48.0 Å². The number of phenolic OH excluding ortho intramolecular Hbond substituents is 1. The molecule has 6 heteroatoms. The van der Waals surface area contributed by atoms with Crippen molar-refractivity contribution >= 4 is 28.8 Å². The van der Waals surface area contributed by atoms with Crippen molar-refractivity contribution < 1.29 is 14.7 Å². The van der Waals surface area contributed by atoms with Crippen LogP contribution in [0.4, 0.5) is 0 Å². The van der Waals surface area contributed by atoms with E-state index in [1.807, 2.05) is 37.3 Å². The number of rotatable bonds is 5. The van der Waals surface area contributed by atoms with Crippen molar-refractivity contribution in [3.8, 4) is 5.75 Å². The molecule has 0 aliphatic rings. The van der Waals surface area contributed by atoms with E-state index in [1.54, 1.807) is 30.3 Å². The second-order valence-corrected chi connectivity index (χ2v) is 6.06. The number of fused-ring (bicyclic) bond motifs is 1. The van der Waals surface area contributed by atoms with Gasteiger partial charge in [0.25, 0.3) is 11.8 Å². The molecule has 3 aromatic rings. The van der Waals surface area contributed by atoms with E-state index in [4.69, 9.17) is 0 Å². The summed E-state index contributed by atoms with van der Waals surface area (Å²) in [5, 5.41) is 18.2. The largest absolute Gasteiger partial charge is 0.507 e. The van der Waals surface area contributed by atoms with Crippen LogP contribution in [0, 0.1) is 6.92 Å². The zero-order chi connectivity index (χ0) is 19.2. The highest BCUT2D eigenvalue weighted by Crippen LogP contribution is 2.25. The number of hydrazone groups is 1. The van der Waals surface area contributed by atoms with Gasteiger partial charge in [0.15, 0.2) is 0 Å². The lowest BCUT2D eigenvalue weighted by molar-refractivity contribution is -0.120. The van der Waals surface area contributed by atoms with Crippen LogP contribution in [0.2, 0.25) is 0 Å². The van der Waals surface area contributed by atoms with E-state index in [1.165, 1.54) is 6.21 Å². The summed E-state index contributed by atoms with van der Waals surface area (Å²) in [5.41, 5.74) is 4.31. The maximum Gasteiger partial charge on any atom is 0.259 e. The molecule has 27 heavy (non-hydrogen) atoms. The highest BCUT2D eigenvalue weighted by molar-refractivity contribution is 6.02. The first-order chi connectivity index (χ1) is 13.0. The van der Waals surface area contributed by atoms with Crippen molar-refractivity contribution in [2.45, 2.75) is 6.92 Å². The number of aryl methyl sites for hydroxylation is 1. The molecule has 0 spiro atoms. The van der Waals surface area contributed by atoms with Crippen LogP contribution >= 0.6 is 0 Å². The topological polar surface area (TPSA) is 90.8 Å². The predicted octanol–water partition coefficient (Wildman–Crippen LogP) is 2.73. The molecule has 0 aliphatic heterocycles. The summed E-state index contributed by atoms with van der Waals surface area (Å²) in [4.78, 5) is 23.9. The number of nitrogens with zero attached hydrogens (tertiary/aromatic N) is 1. The Hall–Kier alpha value is -3.67. The molecule has 6 nitrogen and oxygen atoms in total. The minimum absolute atomic E-state index is 0.0689. The van der Waals surface area contributed by atoms with Crippen molar-refractivity contribution in [2.75, 3.05) is 6.54 Å². The van der Waals surface area contributed by atoms with E-state index >= 15 is 0 Å². The summed E-state index contributed by atoms with van der Waals surface area (Å²) in [6, 6.07) is 18.0. The number of benzene rings is 3. The third kappa shape index (κ3) is 4.49. The third-order valence-electron chi connectivity index (χ3n) is 4.02. The molecule has 3 aromatic carbocycles. The van der Waals surface area contributed by atoms with Gasteiger partial charge in [-0.05, 0) is 35.9 Å². The Morgan fingerprint density at radius 3 is 2.70 bits per heavy atom. The Morgan fingerprint density at radius 1 is 1.07 bits per heavy atom. The zero-order valence-electron chi connectivity index (χ0n) is 14.8. The van der Waals surface area contributed by atoms with Gasteiger partial charge in [0.05, 0.1) is 12.8 Å². The number of carbonyl (C=O) groups is 2. The van der Waals surface area contributed by atoms with Crippen molar-refractivity contribution in [2.24, 2.45) is 5.10 Å². The fraction of sp³-hybridized carbons (Fsp3) is 0.0952. The molecule has 136 valence electrons. The summed E-state index contributed by atoms with van der Waals surface area (Å²) in [6.45, 7) is 1.69. The zero-order valence-corrected chi connectivity index (χ0v) is 14.8. The fourth-order valence-electron chi connectivity index (χ4n) is 2.68. The molecular formula is C21H19N3O3. The Kier molecular flexibility index (Phi) is 5.47. The monoisotopic (exact) mass is 361 g/mol. The number of amides is 2. The smallest absolute Gasteiger partial charge is 0.259 e. The molecule has 0 atom stereocenters. The average molecular weight is 361 g/mol. The van der Waals surface area contributed by atoms with Crippen LogP contribution < -0.4 is 10.7 Å². The Labute approximate surface area is 156 Å². The van der Waals surface area contributed by atoms with Crippen LogP contribution in [0.15, 0.2) is 65.8 Å². The number of hydrogen-bond donors (Lipinski definition) is 3. The van der Waals surface area contributed by atoms with Crippen LogP contribution in [0.1, 0.15) is 21.5 Å². The minimum Gasteiger partial charge on any atom is -0.507 e. The van der Waals surface area contributed by atoms with Crippen molar-refractivity contribution in [1.82, 2.24) is 10.7 Å². The number of hydrogen-bond acceptors (Lipinski definition) is 4. The average Bonchev–Trinajstić information content (AvgIpc) is 2.68. The van der Waals surface area contributed by atoms with Crippen LogP contribution in [0.25, 0.3) is 10.8 Å². The summed E-state index contributed by atoms with van der Waals surface area (Å²) in [6.07, 6.45) is 1.39. The Balaban J connectivity index is 1.60. The molecule has 0 bridgehead atoms. The second-order valence-electron chi connectivity index (χ2n) is 6.06. The van der Waals surface area contributed by atoms with Crippen molar-refractivity contribution in [1.29, 1.82) is 0 Å². The molecule has 0 aliphatic carbocycles. The van der Waals surface area contributed by atoms with Crippen LogP contribution in [0.3, 0.4) is 0 Å². The first-order valence-corrected chi connectivity index (χ1v) is 8.42. The first kappa shape index (κ1) is 18.1. The van der Waals surface area contributed by atoms with Gasteiger partial charge in [-0.3, -0.25) is 9.59 Å². The van der Waals surface area contributed by atoms with E-state index in [2.05, 4.69) is 15.8 Å². The van der Waals surface area contributed by atoms with E-state index in [0.717, 1.165) is 16.3 Å². The van der Waals surface area contributed by atoms with E-state index in [-0.39, 0.29) is 18.2 Å². The van der Waals surface area contributed by atoms with Gasteiger partial charge in [0.2, 0.25) is 0 Å². The second kappa shape index (κ2) is 8.14. The van der Waals surface area contributed by atoms with Crippen molar-refractivity contribution in [3.05, 3.63) is 77.4 Å². The number of phenols is 1. The summed E-state index contributed by atoms with van der Waals surface area (Å²) in [5.74, 6) is -0.726. The minimum atomic E-state index is -0.466. The van der Waals surface area contributed by atoms with Gasteiger partial charge in [0, 0.05) is 11.1 Å². The third-order valence-corrected chi connectivity index (χ3v) is 4.02. The summed E-state index contributed by atoms with van der Waals surface area (Å²) in [7, 11) is 0. The summed E-state index contributed by atoms with van der Waals surface area (Å²) < 4.78 is 0. The molecule has 2 amide bonds. The lowest BCUT2D eigenvalue weighted by Gasteiger charge is -2.06. The Bertz CT molecular complexity index is 1030. The SMILES string of the molecule is Cc1cccc(C(=O)NCC(=O)N/N=C/c2c(O)ccc3ccccc23)c1. The van der Waals surface area contributed by atoms with E-state index in [0.29, 0.717) is 11.1 Å². The molecule has 0 aromatic heterocycles. The molecule has 0 saturated carbocycles. The van der Waals surface area contributed by atoms with E-state index in [9.17, 15) is 14.7 Å². The summed E-state index contributed by atoms with van der Waals surface area (Å²) >= 11 is 0. The first-order valence-electron chi connectivity index (χ1n) is 8.42. The standard InChI is InChI=1S/C21H19N3O3/c1-14-5-4-7-16(11-14)21(27)22-13-20(26)24-23-12-18-17-8-3-2-6-15(17)9-10-19(18)25/h2-12,25H,13H2,1H3,(H,22,27)(H,24,26)/b23-12+. The van der Waals surface area contributed by atoms with Crippen LogP contribution in [-0.2, 0) is 4.79 Å². The maximum atomic E-state index is 12.0. The molecule has 0 unspecified atom stereocenters. The molecular weight excluding hydrogens is 342 g/mol. The number of carbonyl (C=O) groups excluding carboxylic acids is 2. The van der Waals surface area contributed by atoms with Crippen LogP contribution in [0.5, 0.6) is 5.75 Å². The molecule has 0 radical (unpaired) electrons. The fourth-order valence-corrected chi connectivity index (χ4v) is 2.68.